The molecule has 0 unspecified atom stereocenters. The van der Waals surface area contributed by atoms with Gasteiger partial charge in [0.15, 0.2) is 0 Å². The third kappa shape index (κ3) is 3.12. The molecule has 0 amide bonds. The molecule has 0 heterocycles. The molecule has 0 atom stereocenters. The average Bonchev–Trinajstić information content (AvgIpc) is 2.04. The van der Waals surface area contributed by atoms with Crippen molar-refractivity contribution < 1.29 is 0 Å². The van der Waals surface area contributed by atoms with Crippen LogP contribution < -0.4 is 11.5 Å². The van der Waals surface area contributed by atoms with Gasteiger partial charge in [-0.2, -0.15) is 5.10 Å². The summed E-state index contributed by atoms with van der Waals surface area (Å²) in [5.41, 5.74) is 11.0. The van der Waals surface area contributed by atoms with Gasteiger partial charge in [0.25, 0.3) is 0 Å². The Morgan fingerprint density at radius 1 is 1.58 bits per heavy atom. The second-order valence-corrected chi connectivity index (χ2v) is 2.23. The molecule has 0 aromatic carbocycles. The molecule has 0 aliphatic carbocycles. The summed E-state index contributed by atoms with van der Waals surface area (Å²) in [5, 5.41) is 5.04. The normalized spacial score (nSPS) is 12.4. The smallest absolute Gasteiger partial charge is 0.101 e. The van der Waals surface area contributed by atoms with E-state index >= 15 is 0 Å². The van der Waals surface area contributed by atoms with Crippen molar-refractivity contribution in [3.63, 3.8) is 0 Å². The minimum absolute atomic E-state index is 0.113. The second kappa shape index (κ2) is 5.26. The maximum atomic E-state index is 5.43. The number of hydrogen-bond acceptors (Lipinski definition) is 4. The van der Waals surface area contributed by atoms with Crippen molar-refractivity contribution in [2.75, 3.05) is 0 Å². The predicted molar refractivity (Wildman–Crippen MR) is 52.0 cm³/mol. The highest BCUT2D eigenvalue weighted by molar-refractivity contribution is 6.29. The second-order valence-electron chi connectivity index (χ2n) is 1.79. The number of nitrogens with zero attached hydrogens (tertiary/aromatic N) is 2. The van der Waals surface area contributed by atoms with E-state index in [2.05, 4.69) is 18.4 Å². The molecule has 0 saturated carbocycles. The summed E-state index contributed by atoms with van der Waals surface area (Å²) in [5.74, 6) is 0. The summed E-state index contributed by atoms with van der Waals surface area (Å²) in [7, 11) is 0. The highest BCUT2D eigenvalue weighted by atomic mass is 35.5. The van der Waals surface area contributed by atoms with Gasteiger partial charge < -0.3 is 11.5 Å². The Morgan fingerprint density at radius 3 is 2.42 bits per heavy atom. The molecule has 0 saturated heterocycles. The van der Waals surface area contributed by atoms with E-state index in [4.69, 9.17) is 23.1 Å². The van der Waals surface area contributed by atoms with Gasteiger partial charge in [0.05, 0.1) is 5.70 Å². The van der Waals surface area contributed by atoms with Crippen molar-refractivity contribution >= 4 is 18.3 Å². The lowest BCUT2D eigenvalue weighted by atomic mass is 10.4. The van der Waals surface area contributed by atoms with Crippen LogP contribution in [0.2, 0.25) is 0 Å². The van der Waals surface area contributed by atoms with Crippen LogP contribution in [-0.2, 0) is 0 Å². The summed E-state index contributed by atoms with van der Waals surface area (Å²) in [6, 6.07) is 0. The Balaban J connectivity index is 4.67. The van der Waals surface area contributed by atoms with Crippen LogP contribution in [0.1, 0.15) is 0 Å². The Labute approximate surface area is 76.5 Å². The maximum Gasteiger partial charge on any atom is 0.101 e. The minimum Gasteiger partial charge on any atom is -0.403 e. The van der Waals surface area contributed by atoms with Gasteiger partial charge >= 0.3 is 0 Å². The Morgan fingerprint density at radius 2 is 2.17 bits per heavy atom. The molecular formula is C7H11ClN4. The van der Waals surface area contributed by atoms with Crippen LogP contribution in [0.5, 0.6) is 0 Å². The largest absolute Gasteiger partial charge is 0.403 e. The Kier molecular flexibility index (Phi) is 4.64. The first kappa shape index (κ1) is 10.6. The predicted octanol–water partition coefficient (Wildman–Crippen LogP) is 0.887. The van der Waals surface area contributed by atoms with E-state index < -0.39 is 0 Å². The molecule has 0 radical (unpaired) electrons. The highest BCUT2D eigenvalue weighted by Crippen LogP contribution is 2.07. The van der Waals surface area contributed by atoms with E-state index in [1.165, 1.54) is 23.5 Å². The molecule has 0 aliphatic heterocycles. The number of hydrogen-bond donors (Lipinski definition) is 2. The molecule has 4 nitrogen and oxygen atoms in total. The zero-order chi connectivity index (χ0) is 9.56. The van der Waals surface area contributed by atoms with Crippen LogP contribution in [0.4, 0.5) is 0 Å². The molecular weight excluding hydrogens is 176 g/mol. The molecule has 0 bridgehead atoms. The fourth-order valence-electron chi connectivity index (χ4n) is 0.577. The van der Waals surface area contributed by atoms with Crippen LogP contribution in [0, 0.1) is 0 Å². The zero-order valence-electron chi connectivity index (χ0n) is 6.57. The van der Waals surface area contributed by atoms with E-state index in [0.29, 0.717) is 5.70 Å². The molecule has 0 fully saturated rings. The van der Waals surface area contributed by atoms with Gasteiger partial charge in [-0.25, -0.2) is 5.01 Å². The molecule has 0 aromatic rings. The van der Waals surface area contributed by atoms with E-state index in [9.17, 15) is 0 Å². The minimum atomic E-state index is 0.113. The van der Waals surface area contributed by atoms with Crippen molar-refractivity contribution in [2.24, 2.45) is 16.6 Å². The highest BCUT2D eigenvalue weighted by Gasteiger charge is 1.99. The van der Waals surface area contributed by atoms with Gasteiger partial charge in [0.2, 0.25) is 0 Å². The number of halogens is 1. The lowest BCUT2D eigenvalue weighted by molar-refractivity contribution is 0.519. The molecule has 0 aliphatic rings. The molecule has 0 rings (SSSR count). The van der Waals surface area contributed by atoms with Crippen molar-refractivity contribution in [2.45, 2.75) is 0 Å². The van der Waals surface area contributed by atoms with Crippen LogP contribution in [0.3, 0.4) is 0 Å². The van der Waals surface area contributed by atoms with Gasteiger partial charge in [-0.05, 0) is 0 Å². The van der Waals surface area contributed by atoms with E-state index in [0.717, 1.165) is 0 Å². The first-order valence-electron chi connectivity index (χ1n) is 3.08. The summed E-state index contributed by atoms with van der Waals surface area (Å²) in [6.07, 6.45) is 4.17. The average molecular weight is 187 g/mol. The number of nitrogens with two attached hydrogens (primary N) is 2. The Bertz CT molecular complexity index is 220. The molecule has 5 heteroatoms. The van der Waals surface area contributed by atoms with Crippen molar-refractivity contribution in [1.29, 1.82) is 0 Å². The number of rotatable bonds is 4. The fourth-order valence-corrected chi connectivity index (χ4v) is 0.688. The summed E-state index contributed by atoms with van der Waals surface area (Å²) in [4.78, 5) is 0. The van der Waals surface area contributed by atoms with Crippen molar-refractivity contribution in [3.05, 3.63) is 35.9 Å². The van der Waals surface area contributed by atoms with Crippen molar-refractivity contribution in [1.82, 2.24) is 5.01 Å². The topological polar surface area (TPSA) is 67.6 Å². The molecule has 0 spiro atoms. The fraction of sp³-hybridized carbons (Fsp3) is 0. The van der Waals surface area contributed by atoms with Gasteiger partial charge in [0, 0.05) is 25.2 Å². The van der Waals surface area contributed by atoms with E-state index in [1.54, 1.807) is 0 Å². The SMILES string of the molecule is C=CN(N=C)C(/C=C(\N)Cl)=C/N. The summed E-state index contributed by atoms with van der Waals surface area (Å²) < 4.78 is 0. The number of allylic oxidation sites excluding steroid dienone is 1. The zero-order valence-corrected chi connectivity index (χ0v) is 7.33. The van der Waals surface area contributed by atoms with E-state index in [-0.39, 0.29) is 5.16 Å². The van der Waals surface area contributed by atoms with Gasteiger partial charge in [-0.3, -0.25) is 0 Å². The standard InChI is InChI=1S/C7H11ClN4/c1-3-12(11-2)6(5-9)4-7(8)10/h3-5H,1-2,9-10H2/b6-5+,7-4-. The van der Waals surface area contributed by atoms with E-state index in [1.807, 2.05) is 0 Å². The van der Waals surface area contributed by atoms with Crippen LogP contribution >= 0.6 is 11.6 Å². The van der Waals surface area contributed by atoms with Gasteiger partial charge in [-0.15, -0.1) is 0 Å². The molecule has 66 valence electrons. The van der Waals surface area contributed by atoms with Crippen LogP contribution in [0.15, 0.2) is 41.0 Å². The first-order chi connectivity index (χ1) is 5.65. The quantitative estimate of drug-likeness (QED) is 0.297. The summed E-state index contributed by atoms with van der Waals surface area (Å²) in [6.45, 7) is 6.79. The molecule has 0 aromatic heterocycles. The van der Waals surface area contributed by atoms with Crippen LogP contribution in [-0.4, -0.2) is 11.7 Å². The van der Waals surface area contributed by atoms with Gasteiger partial charge in [0.1, 0.15) is 5.16 Å². The maximum absolute atomic E-state index is 5.43. The number of hydrazone groups is 1. The van der Waals surface area contributed by atoms with Gasteiger partial charge in [-0.1, -0.05) is 18.2 Å². The molecule has 12 heavy (non-hydrogen) atoms. The Hall–Kier alpha value is -1.42. The molecule has 4 N–H and O–H groups in total. The van der Waals surface area contributed by atoms with Crippen LogP contribution in [0.25, 0.3) is 0 Å². The lowest BCUT2D eigenvalue weighted by Crippen LogP contribution is -2.09. The summed E-state index contributed by atoms with van der Waals surface area (Å²) >= 11 is 5.43. The third-order valence-corrected chi connectivity index (χ3v) is 1.16. The van der Waals surface area contributed by atoms with Crippen molar-refractivity contribution in [3.8, 4) is 0 Å². The first-order valence-corrected chi connectivity index (χ1v) is 3.46. The lowest BCUT2D eigenvalue weighted by Gasteiger charge is -2.12. The third-order valence-electron chi connectivity index (χ3n) is 1.05. The monoisotopic (exact) mass is 186 g/mol.